The van der Waals surface area contributed by atoms with E-state index in [-0.39, 0.29) is 30.0 Å². The highest BCUT2D eigenvalue weighted by Crippen LogP contribution is 2.45. The molecule has 2 heterocycles. The van der Waals surface area contributed by atoms with Crippen LogP contribution in [0, 0.1) is 5.92 Å². The topological polar surface area (TPSA) is 35.5 Å². The van der Waals surface area contributed by atoms with E-state index >= 15 is 0 Å². The van der Waals surface area contributed by atoms with Crippen molar-refractivity contribution in [2.24, 2.45) is 5.92 Å². The number of carbonyl (C=O) groups excluding carboxylic acids is 1. The number of halogens is 1. The highest BCUT2D eigenvalue weighted by Gasteiger charge is 2.47. The molecule has 19 heavy (non-hydrogen) atoms. The molecule has 2 fully saturated rings. The molecule has 0 radical (unpaired) electrons. The molecule has 2 aliphatic heterocycles. The minimum atomic E-state index is -0.190. The molecule has 1 aromatic rings. The third-order valence-electron chi connectivity index (χ3n) is 4.26. The summed E-state index contributed by atoms with van der Waals surface area (Å²) in [7, 11) is 1.45. The van der Waals surface area contributed by atoms with Crippen LogP contribution in [0.5, 0.6) is 0 Å². The van der Waals surface area contributed by atoms with Gasteiger partial charge < -0.3 is 9.47 Å². The number of fused-ring (bicyclic) bond motifs is 2. The van der Waals surface area contributed by atoms with Gasteiger partial charge in [0.2, 0.25) is 0 Å². The summed E-state index contributed by atoms with van der Waals surface area (Å²) in [6.45, 7) is 0. The second-order valence-corrected chi connectivity index (χ2v) is 5.75. The Labute approximate surface area is 117 Å². The van der Waals surface area contributed by atoms with Crippen molar-refractivity contribution in [2.75, 3.05) is 7.11 Å². The number of ether oxygens (including phenoxy) is 2. The first kappa shape index (κ1) is 12.9. The van der Waals surface area contributed by atoms with Crippen LogP contribution in [0.3, 0.4) is 0 Å². The molecule has 3 nitrogen and oxygen atoms in total. The maximum atomic E-state index is 12.1. The average molecular weight is 281 g/mol. The normalized spacial score (nSPS) is 33.2. The van der Waals surface area contributed by atoms with E-state index in [0.29, 0.717) is 5.02 Å². The summed E-state index contributed by atoms with van der Waals surface area (Å²) < 4.78 is 10.9. The Bertz CT molecular complexity index is 471. The van der Waals surface area contributed by atoms with E-state index in [1.165, 1.54) is 7.11 Å². The molecular weight excluding hydrogens is 264 g/mol. The molecule has 0 aliphatic carbocycles. The first-order chi connectivity index (χ1) is 9.19. The van der Waals surface area contributed by atoms with Gasteiger partial charge in [0.15, 0.2) is 0 Å². The molecule has 4 heteroatoms. The van der Waals surface area contributed by atoms with Gasteiger partial charge in [-0.3, -0.25) is 4.79 Å². The van der Waals surface area contributed by atoms with Crippen LogP contribution in [0.25, 0.3) is 0 Å². The van der Waals surface area contributed by atoms with Crippen molar-refractivity contribution >= 4 is 17.6 Å². The van der Waals surface area contributed by atoms with Gasteiger partial charge in [-0.2, -0.15) is 0 Å². The predicted molar refractivity (Wildman–Crippen MR) is 72.2 cm³/mol. The van der Waals surface area contributed by atoms with Crippen LogP contribution in [-0.2, 0) is 14.3 Å². The lowest BCUT2D eigenvalue weighted by molar-refractivity contribution is -0.156. The SMILES string of the molecule is COC(=O)[C@@H]1[C@H]2CC[C@@H](C[C@H]1c1ccc(Cl)cc1)O2. The zero-order valence-electron chi connectivity index (χ0n) is 10.8. The Morgan fingerprint density at radius 1 is 1.32 bits per heavy atom. The lowest BCUT2D eigenvalue weighted by atomic mass is 9.79. The summed E-state index contributed by atoms with van der Waals surface area (Å²) >= 11 is 5.93. The Morgan fingerprint density at radius 3 is 2.74 bits per heavy atom. The second kappa shape index (κ2) is 5.14. The van der Waals surface area contributed by atoms with Crippen LogP contribution in [-0.4, -0.2) is 25.3 Å². The van der Waals surface area contributed by atoms with E-state index < -0.39 is 0 Å². The molecule has 2 aliphatic rings. The van der Waals surface area contributed by atoms with Crippen molar-refractivity contribution in [3.05, 3.63) is 34.9 Å². The molecule has 102 valence electrons. The van der Waals surface area contributed by atoms with Gasteiger partial charge >= 0.3 is 5.97 Å². The third kappa shape index (κ3) is 2.37. The van der Waals surface area contributed by atoms with Crippen molar-refractivity contribution in [3.8, 4) is 0 Å². The van der Waals surface area contributed by atoms with Crippen LogP contribution in [0.15, 0.2) is 24.3 Å². The van der Waals surface area contributed by atoms with Gasteiger partial charge in [0.25, 0.3) is 0 Å². The molecule has 0 saturated carbocycles. The van der Waals surface area contributed by atoms with E-state index in [4.69, 9.17) is 21.1 Å². The number of esters is 1. The van der Waals surface area contributed by atoms with Crippen molar-refractivity contribution in [2.45, 2.75) is 37.4 Å². The predicted octanol–water partition coefficient (Wildman–Crippen LogP) is 3.16. The molecular formula is C15H17ClO3. The van der Waals surface area contributed by atoms with Crippen LogP contribution >= 0.6 is 11.6 Å². The monoisotopic (exact) mass is 280 g/mol. The van der Waals surface area contributed by atoms with Crippen molar-refractivity contribution < 1.29 is 14.3 Å². The van der Waals surface area contributed by atoms with Gasteiger partial charge in [0.05, 0.1) is 25.2 Å². The zero-order valence-corrected chi connectivity index (χ0v) is 11.6. The van der Waals surface area contributed by atoms with E-state index in [9.17, 15) is 4.79 Å². The molecule has 3 rings (SSSR count). The van der Waals surface area contributed by atoms with Gasteiger partial charge in [-0.1, -0.05) is 23.7 Å². The number of methoxy groups -OCH3 is 1. The first-order valence-electron chi connectivity index (χ1n) is 6.68. The first-order valence-corrected chi connectivity index (χ1v) is 7.05. The van der Waals surface area contributed by atoms with Gasteiger partial charge in [-0.15, -0.1) is 0 Å². The summed E-state index contributed by atoms with van der Waals surface area (Å²) in [4.78, 5) is 12.1. The molecule has 0 spiro atoms. The maximum Gasteiger partial charge on any atom is 0.311 e. The van der Waals surface area contributed by atoms with Crippen LogP contribution in [0.2, 0.25) is 5.02 Å². The number of benzene rings is 1. The summed E-state index contributed by atoms with van der Waals surface area (Å²) in [6, 6.07) is 7.77. The molecule has 2 saturated heterocycles. The van der Waals surface area contributed by atoms with Gasteiger partial charge in [-0.05, 0) is 37.0 Å². The van der Waals surface area contributed by atoms with E-state index in [1.54, 1.807) is 0 Å². The van der Waals surface area contributed by atoms with Crippen molar-refractivity contribution in [1.29, 1.82) is 0 Å². The Hall–Kier alpha value is -1.06. The van der Waals surface area contributed by atoms with Gasteiger partial charge in [0, 0.05) is 10.9 Å². The van der Waals surface area contributed by atoms with Crippen LogP contribution < -0.4 is 0 Å². The summed E-state index contributed by atoms with van der Waals surface area (Å²) in [6.07, 6.45) is 3.17. The minimum Gasteiger partial charge on any atom is -0.469 e. The fourth-order valence-corrected chi connectivity index (χ4v) is 3.49. The zero-order chi connectivity index (χ0) is 13.4. The number of hydrogen-bond donors (Lipinski definition) is 0. The van der Waals surface area contributed by atoms with Crippen molar-refractivity contribution in [1.82, 2.24) is 0 Å². The molecule has 2 bridgehead atoms. The molecule has 0 amide bonds. The van der Waals surface area contributed by atoms with Gasteiger partial charge in [0.1, 0.15) is 0 Å². The molecule has 1 aromatic carbocycles. The van der Waals surface area contributed by atoms with E-state index in [0.717, 1.165) is 24.8 Å². The molecule has 4 atom stereocenters. The van der Waals surface area contributed by atoms with E-state index in [2.05, 4.69) is 0 Å². The Balaban J connectivity index is 1.92. The quantitative estimate of drug-likeness (QED) is 0.781. The van der Waals surface area contributed by atoms with Crippen molar-refractivity contribution in [3.63, 3.8) is 0 Å². The average Bonchev–Trinajstić information content (AvgIpc) is 2.80. The lowest BCUT2D eigenvalue weighted by Gasteiger charge is -2.35. The lowest BCUT2D eigenvalue weighted by Crippen LogP contribution is -2.39. The highest BCUT2D eigenvalue weighted by molar-refractivity contribution is 6.30. The Kier molecular flexibility index (Phi) is 3.50. The van der Waals surface area contributed by atoms with Gasteiger partial charge in [-0.25, -0.2) is 0 Å². The summed E-state index contributed by atoms with van der Waals surface area (Å²) in [5, 5.41) is 0.716. The highest BCUT2D eigenvalue weighted by atomic mass is 35.5. The van der Waals surface area contributed by atoms with E-state index in [1.807, 2.05) is 24.3 Å². The maximum absolute atomic E-state index is 12.1. The minimum absolute atomic E-state index is 0.00637. The number of carbonyl (C=O) groups is 1. The fraction of sp³-hybridized carbons (Fsp3) is 0.533. The molecule has 0 unspecified atom stereocenters. The molecule has 0 N–H and O–H groups in total. The smallest absolute Gasteiger partial charge is 0.311 e. The molecule has 0 aromatic heterocycles. The summed E-state index contributed by atoms with van der Waals surface area (Å²) in [5.74, 6) is -0.175. The fourth-order valence-electron chi connectivity index (χ4n) is 3.37. The van der Waals surface area contributed by atoms with Crippen LogP contribution in [0.1, 0.15) is 30.7 Å². The second-order valence-electron chi connectivity index (χ2n) is 5.32. The Morgan fingerprint density at radius 2 is 2.05 bits per heavy atom. The number of hydrogen-bond acceptors (Lipinski definition) is 3. The third-order valence-corrected chi connectivity index (χ3v) is 4.51. The largest absolute Gasteiger partial charge is 0.469 e. The summed E-state index contributed by atoms with van der Waals surface area (Å²) in [5.41, 5.74) is 1.15. The number of rotatable bonds is 2. The standard InChI is InChI=1S/C15H17ClO3/c1-18-15(17)14-12(8-11-6-7-13(14)19-11)9-2-4-10(16)5-3-9/h2-5,11-14H,6-8H2,1H3/t11-,12-,13+,14-/m0/s1. The van der Waals surface area contributed by atoms with Crippen LogP contribution in [0.4, 0.5) is 0 Å².